The Bertz CT molecular complexity index is 712. The summed E-state index contributed by atoms with van der Waals surface area (Å²) in [6.07, 6.45) is -3.46. The number of rotatable bonds is 4. The van der Waals surface area contributed by atoms with Crippen LogP contribution in [0.15, 0.2) is 66.9 Å². The van der Waals surface area contributed by atoms with Crippen molar-refractivity contribution in [2.75, 3.05) is 6.54 Å². The smallest absolute Gasteiger partial charge is 0.318 e. The van der Waals surface area contributed by atoms with Crippen LogP contribution in [0.5, 0.6) is 0 Å². The number of likely N-dealkylation sites (tertiary alicyclic amines) is 1. The second-order valence-electron chi connectivity index (χ2n) is 6.11. The van der Waals surface area contributed by atoms with Gasteiger partial charge in [0.1, 0.15) is 0 Å². The highest BCUT2D eigenvalue weighted by Gasteiger charge is 2.40. The van der Waals surface area contributed by atoms with Gasteiger partial charge in [0.05, 0.1) is 6.42 Å². The van der Waals surface area contributed by atoms with Crippen LogP contribution in [0.4, 0.5) is 13.2 Å². The number of hydrogen-bond donors (Lipinski definition) is 0. The van der Waals surface area contributed by atoms with Gasteiger partial charge >= 0.3 is 6.18 Å². The molecule has 0 N–H and O–H groups in total. The molecule has 0 aliphatic carbocycles. The first-order valence-electron chi connectivity index (χ1n) is 8.14. The number of alkyl halides is 3. The number of carbonyl (C=O) groups excluding carboxylic acids is 1. The van der Waals surface area contributed by atoms with Gasteiger partial charge in [-0.1, -0.05) is 60.7 Å². The Morgan fingerprint density at radius 1 is 1.00 bits per heavy atom. The number of nitrogens with zero attached hydrogens (tertiary/aromatic N) is 1. The molecule has 2 aromatic rings. The lowest BCUT2D eigenvalue weighted by Gasteiger charge is -2.16. The molecule has 25 heavy (non-hydrogen) atoms. The molecule has 2 aromatic carbocycles. The van der Waals surface area contributed by atoms with Gasteiger partial charge in [-0.15, -0.1) is 0 Å². The maximum absolute atomic E-state index is 12.6. The van der Waals surface area contributed by atoms with Gasteiger partial charge in [-0.25, -0.2) is 0 Å². The topological polar surface area (TPSA) is 20.3 Å². The van der Waals surface area contributed by atoms with Crippen molar-refractivity contribution < 1.29 is 18.0 Å². The summed E-state index contributed by atoms with van der Waals surface area (Å²) in [5.74, 6) is -1.44. The molecule has 0 spiro atoms. The van der Waals surface area contributed by atoms with E-state index in [0.29, 0.717) is 6.54 Å². The maximum Gasteiger partial charge on any atom is 0.389 e. The monoisotopic (exact) mass is 345 g/mol. The molecule has 1 aliphatic rings. The summed E-state index contributed by atoms with van der Waals surface area (Å²) in [5.41, 5.74) is 2.66. The average Bonchev–Trinajstić information content (AvgIpc) is 2.93. The molecule has 0 radical (unpaired) electrons. The van der Waals surface area contributed by atoms with Gasteiger partial charge in [-0.2, -0.15) is 13.2 Å². The van der Waals surface area contributed by atoms with Crippen LogP contribution in [-0.4, -0.2) is 23.5 Å². The third-order valence-corrected chi connectivity index (χ3v) is 4.28. The second kappa shape index (κ2) is 7.13. The van der Waals surface area contributed by atoms with Crippen molar-refractivity contribution >= 4 is 11.5 Å². The molecule has 2 nitrogen and oxygen atoms in total. The minimum Gasteiger partial charge on any atom is -0.318 e. The van der Waals surface area contributed by atoms with Crippen LogP contribution in [0, 0.1) is 5.92 Å². The molecule has 1 aliphatic heterocycles. The molecule has 0 aromatic heterocycles. The third-order valence-electron chi connectivity index (χ3n) is 4.28. The fraction of sp³-hybridized carbons (Fsp3) is 0.250. The molecule has 1 amide bonds. The van der Waals surface area contributed by atoms with Crippen molar-refractivity contribution in [1.82, 2.24) is 4.90 Å². The van der Waals surface area contributed by atoms with Gasteiger partial charge in [0.15, 0.2) is 0 Å². The lowest BCUT2D eigenvalue weighted by Crippen LogP contribution is -2.25. The SMILES string of the molecule is O=C1C(CC(F)(F)F)CCN1C=C(c1ccccc1)c1ccccc1. The van der Waals surface area contributed by atoms with E-state index in [1.165, 1.54) is 4.90 Å². The molecule has 1 atom stereocenters. The first-order chi connectivity index (χ1) is 11.9. The molecular weight excluding hydrogens is 327 g/mol. The van der Waals surface area contributed by atoms with E-state index in [-0.39, 0.29) is 6.42 Å². The lowest BCUT2D eigenvalue weighted by molar-refractivity contribution is -0.153. The number of benzene rings is 2. The zero-order chi connectivity index (χ0) is 17.9. The van der Waals surface area contributed by atoms with Gasteiger partial charge < -0.3 is 4.90 Å². The van der Waals surface area contributed by atoms with E-state index < -0.39 is 24.4 Å². The normalized spacial score (nSPS) is 17.6. The Kier molecular flexibility index (Phi) is 4.93. The molecule has 0 saturated carbocycles. The van der Waals surface area contributed by atoms with E-state index >= 15 is 0 Å². The van der Waals surface area contributed by atoms with E-state index in [2.05, 4.69) is 0 Å². The zero-order valence-electron chi connectivity index (χ0n) is 13.5. The minimum absolute atomic E-state index is 0.228. The number of hydrogen-bond acceptors (Lipinski definition) is 1. The van der Waals surface area contributed by atoms with Crippen molar-refractivity contribution in [2.45, 2.75) is 19.0 Å². The third kappa shape index (κ3) is 4.29. The van der Waals surface area contributed by atoms with Crippen LogP contribution in [-0.2, 0) is 4.79 Å². The average molecular weight is 345 g/mol. The highest BCUT2D eigenvalue weighted by Crippen LogP contribution is 2.33. The highest BCUT2D eigenvalue weighted by atomic mass is 19.4. The molecule has 1 saturated heterocycles. The van der Waals surface area contributed by atoms with E-state index in [4.69, 9.17) is 0 Å². The summed E-state index contributed by atoms with van der Waals surface area (Å²) in [5, 5.41) is 0. The molecule has 0 bridgehead atoms. The Morgan fingerprint density at radius 3 is 2.00 bits per heavy atom. The van der Waals surface area contributed by atoms with E-state index in [9.17, 15) is 18.0 Å². The van der Waals surface area contributed by atoms with Gasteiger partial charge in [-0.05, 0) is 17.5 Å². The van der Waals surface area contributed by atoms with Crippen LogP contribution in [0.3, 0.4) is 0 Å². The fourth-order valence-corrected chi connectivity index (χ4v) is 3.07. The van der Waals surface area contributed by atoms with Crippen LogP contribution in [0.25, 0.3) is 5.57 Å². The number of amides is 1. The summed E-state index contributed by atoms with van der Waals surface area (Å²) in [6.45, 7) is 0.308. The van der Waals surface area contributed by atoms with Crippen LogP contribution in [0.1, 0.15) is 24.0 Å². The van der Waals surface area contributed by atoms with Crippen molar-refractivity contribution in [3.05, 3.63) is 78.0 Å². The highest BCUT2D eigenvalue weighted by molar-refractivity contribution is 5.86. The largest absolute Gasteiger partial charge is 0.389 e. The summed E-state index contributed by atoms with van der Waals surface area (Å²) in [4.78, 5) is 13.8. The van der Waals surface area contributed by atoms with E-state index in [1.54, 1.807) is 6.20 Å². The first kappa shape index (κ1) is 17.3. The van der Waals surface area contributed by atoms with E-state index in [0.717, 1.165) is 16.7 Å². The standard InChI is InChI=1S/C20H18F3NO/c21-20(22,23)13-17-11-12-24(19(17)25)14-18(15-7-3-1-4-8-15)16-9-5-2-6-10-16/h1-10,14,17H,11-13H2. The van der Waals surface area contributed by atoms with Crippen LogP contribution in [0.2, 0.25) is 0 Å². The molecule has 130 valence electrons. The van der Waals surface area contributed by atoms with Crippen molar-refractivity contribution in [1.29, 1.82) is 0 Å². The quantitative estimate of drug-likeness (QED) is 0.774. The molecule has 1 fully saturated rings. The molecule has 5 heteroatoms. The van der Waals surface area contributed by atoms with Gasteiger partial charge in [0.25, 0.3) is 0 Å². The minimum atomic E-state index is -4.32. The molecular formula is C20H18F3NO. The fourth-order valence-electron chi connectivity index (χ4n) is 3.07. The summed E-state index contributed by atoms with van der Waals surface area (Å²) in [6, 6.07) is 19.1. The summed E-state index contributed by atoms with van der Waals surface area (Å²) < 4.78 is 37.8. The second-order valence-corrected chi connectivity index (χ2v) is 6.11. The first-order valence-corrected chi connectivity index (χ1v) is 8.14. The van der Waals surface area contributed by atoms with Gasteiger partial charge in [0.2, 0.25) is 5.91 Å². The predicted molar refractivity (Wildman–Crippen MR) is 90.5 cm³/mol. The van der Waals surface area contributed by atoms with E-state index in [1.807, 2.05) is 60.7 Å². The maximum atomic E-state index is 12.6. The molecule has 1 unspecified atom stereocenters. The van der Waals surface area contributed by atoms with Crippen LogP contribution < -0.4 is 0 Å². The van der Waals surface area contributed by atoms with Crippen molar-refractivity contribution in [3.63, 3.8) is 0 Å². The molecule has 3 rings (SSSR count). The predicted octanol–water partition coefficient (Wildman–Crippen LogP) is 4.88. The Balaban J connectivity index is 1.91. The summed E-state index contributed by atoms with van der Waals surface area (Å²) in [7, 11) is 0. The number of carbonyl (C=O) groups is 1. The lowest BCUT2D eigenvalue weighted by atomic mass is 9.99. The van der Waals surface area contributed by atoms with Gasteiger partial charge in [-0.3, -0.25) is 4.79 Å². The van der Waals surface area contributed by atoms with Gasteiger partial charge in [0, 0.05) is 24.2 Å². The number of halogens is 3. The molecule has 1 heterocycles. The zero-order valence-corrected chi connectivity index (χ0v) is 13.5. The Morgan fingerprint density at radius 2 is 1.52 bits per heavy atom. The summed E-state index contributed by atoms with van der Waals surface area (Å²) >= 11 is 0. The van der Waals surface area contributed by atoms with Crippen LogP contribution >= 0.6 is 0 Å². The Hall–Kier alpha value is -2.56. The Labute approximate surface area is 144 Å². The van der Waals surface area contributed by atoms with Crippen molar-refractivity contribution in [3.8, 4) is 0 Å². The van der Waals surface area contributed by atoms with Crippen molar-refractivity contribution in [2.24, 2.45) is 5.92 Å².